The van der Waals surface area contributed by atoms with Crippen molar-refractivity contribution in [3.8, 4) is 0 Å². The molecular weight excluding hydrogens is 515 g/mol. The lowest BCUT2D eigenvalue weighted by Gasteiger charge is -2.31. The van der Waals surface area contributed by atoms with E-state index in [4.69, 9.17) is 16.3 Å². The molecule has 1 aromatic carbocycles. The van der Waals surface area contributed by atoms with Crippen LogP contribution in [0.2, 0.25) is 5.02 Å². The molecule has 1 unspecified atom stereocenters. The molecule has 0 aromatic heterocycles. The number of carbonyl (C=O) groups is 4. The third kappa shape index (κ3) is 4.89. The number of hydrogen-bond donors (Lipinski definition) is 2. The zero-order valence-corrected chi connectivity index (χ0v) is 22.0. The minimum atomic E-state index is -1.01. The lowest BCUT2D eigenvalue weighted by molar-refractivity contribution is -0.135. The van der Waals surface area contributed by atoms with Gasteiger partial charge in [0.15, 0.2) is 11.4 Å². The van der Waals surface area contributed by atoms with E-state index in [0.717, 1.165) is 12.8 Å². The molecule has 4 amide bonds. The van der Waals surface area contributed by atoms with E-state index in [-0.39, 0.29) is 42.4 Å². The van der Waals surface area contributed by atoms with Gasteiger partial charge in [-0.3, -0.25) is 14.5 Å². The van der Waals surface area contributed by atoms with E-state index in [2.05, 4.69) is 10.6 Å². The first-order valence-corrected chi connectivity index (χ1v) is 13.2. The summed E-state index contributed by atoms with van der Waals surface area (Å²) in [7, 11) is 1.47. The van der Waals surface area contributed by atoms with Gasteiger partial charge in [-0.2, -0.15) is 0 Å². The Labute approximate surface area is 225 Å². The van der Waals surface area contributed by atoms with E-state index in [1.807, 2.05) is 6.92 Å². The highest BCUT2D eigenvalue weighted by Gasteiger charge is 2.53. The van der Waals surface area contributed by atoms with Gasteiger partial charge in [0.25, 0.3) is 0 Å². The fourth-order valence-corrected chi connectivity index (χ4v) is 5.81. The second-order valence-corrected chi connectivity index (χ2v) is 10.8. The summed E-state index contributed by atoms with van der Waals surface area (Å²) in [6.45, 7) is 2.14. The standard InChI is InChI=1S/C27H30ClFN4O5/c1-15(16-3-4-16)33(12-17-5-6-18(29)11-21(17)28)23(34)13-32-14-27(38-26(32)37)10-9-19-20(27)7-8-22(24(19)35)31-25(36)30-2/h5-8,11,15-16,22H,3-4,9-10,12-14H2,1-2H3,(H2,30,31,36)/t15-,22?,27-/m0/s1. The summed E-state index contributed by atoms with van der Waals surface area (Å²) in [5.74, 6) is -0.564. The molecule has 1 saturated heterocycles. The monoisotopic (exact) mass is 544 g/mol. The van der Waals surface area contributed by atoms with Crippen LogP contribution in [0, 0.1) is 11.7 Å². The van der Waals surface area contributed by atoms with Crippen molar-refractivity contribution in [2.75, 3.05) is 20.1 Å². The van der Waals surface area contributed by atoms with Gasteiger partial charge in [0, 0.05) is 35.8 Å². The first-order valence-electron chi connectivity index (χ1n) is 12.8. The lowest BCUT2D eigenvalue weighted by atomic mass is 9.89. The van der Waals surface area contributed by atoms with Crippen LogP contribution in [0.5, 0.6) is 0 Å². The van der Waals surface area contributed by atoms with Gasteiger partial charge in [0.1, 0.15) is 18.4 Å². The number of ketones is 1. The number of carbonyl (C=O) groups excluding carboxylic acids is 4. The van der Waals surface area contributed by atoms with E-state index < -0.39 is 29.6 Å². The second kappa shape index (κ2) is 10.1. The molecule has 1 heterocycles. The van der Waals surface area contributed by atoms with E-state index in [1.54, 1.807) is 23.1 Å². The fourth-order valence-electron chi connectivity index (χ4n) is 5.58. The number of Topliss-reactive ketones (excluding diaryl/α,β-unsaturated/α-hetero) is 1. The third-order valence-electron chi connectivity index (χ3n) is 7.93. The Morgan fingerprint density at radius 3 is 2.76 bits per heavy atom. The maximum Gasteiger partial charge on any atom is 0.411 e. The number of amides is 4. The van der Waals surface area contributed by atoms with Crippen LogP contribution in [0.4, 0.5) is 14.0 Å². The molecule has 1 aromatic rings. The van der Waals surface area contributed by atoms with Crippen molar-refractivity contribution in [3.63, 3.8) is 0 Å². The van der Waals surface area contributed by atoms with Crippen molar-refractivity contribution in [3.05, 3.63) is 57.9 Å². The molecular formula is C27H30ClFN4O5. The predicted molar refractivity (Wildman–Crippen MR) is 137 cm³/mol. The molecule has 5 rings (SSSR count). The molecule has 4 aliphatic rings. The number of rotatable bonds is 7. The topological polar surface area (TPSA) is 108 Å². The highest BCUT2D eigenvalue weighted by atomic mass is 35.5. The number of hydrogen-bond acceptors (Lipinski definition) is 5. The van der Waals surface area contributed by atoms with E-state index in [0.29, 0.717) is 35.5 Å². The number of fused-ring (bicyclic) bond motifs is 1. The summed E-state index contributed by atoms with van der Waals surface area (Å²) in [4.78, 5) is 54.3. The molecule has 2 fully saturated rings. The van der Waals surface area contributed by atoms with Gasteiger partial charge in [0.05, 0.1) is 6.54 Å². The van der Waals surface area contributed by atoms with Crippen LogP contribution in [0.15, 0.2) is 41.5 Å². The summed E-state index contributed by atoms with van der Waals surface area (Å²) in [6.07, 6.45) is 5.58. The Bertz CT molecular complexity index is 1260. The first kappa shape index (κ1) is 26.2. The van der Waals surface area contributed by atoms with Gasteiger partial charge in [-0.1, -0.05) is 29.8 Å². The largest absolute Gasteiger partial charge is 0.436 e. The minimum Gasteiger partial charge on any atom is -0.436 e. The number of urea groups is 1. The molecule has 202 valence electrons. The first-order chi connectivity index (χ1) is 18.1. The number of nitrogens with zero attached hydrogens (tertiary/aromatic N) is 2. The number of nitrogens with one attached hydrogen (secondary N) is 2. The molecule has 0 radical (unpaired) electrons. The Kier molecular flexibility index (Phi) is 6.94. The predicted octanol–water partition coefficient (Wildman–Crippen LogP) is 3.32. The summed E-state index contributed by atoms with van der Waals surface area (Å²) in [6, 6.07) is 2.79. The zero-order chi connectivity index (χ0) is 27.2. The molecule has 0 bridgehead atoms. The molecule has 3 atom stereocenters. The van der Waals surface area contributed by atoms with Crippen molar-refractivity contribution in [2.24, 2.45) is 5.92 Å². The van der Waals surface area contributed by atoms with Gasteiger partial charge in [-0.15, -0.1) is 0 Å². The van der Waals surface area contributed by atoms with Crippen LogP contribution < -0.4 is 10.6 Å². The Morgan fingerprint density at radius 1 is 1.32 bits per heavy atom. The maximum absolute atomic E-state index is 13.6. The highest BCUT2D eigenvalue weighted by molar-refractivity contribution is 6.31. The van der Waals surface area contributed by atoms with Crippen LogP contribution in [0.25, 0.3) is 0 Å². The van der Waals surface area contributed by atoms with Crippen molar-refractivity contribution in [1.29, 1.82) is 0 Å². The summed E-state index contributed by atoms with van der Waals surface area (Å²) in [5.41, 5.74) is 0.780. The molecule has 38 heavy (non-hydrogen) atoms. The zero-order valence-electron chi connectivity index (χ0n) is 21.3. The molecule has 11 heteroatoms. The van der Waals surface area contributed by atoms with Gasteiger partial charge in [0.2, 0.25) is 5.91 Å². The number of benzene rings is 1. The molecule has 1 spiro atoms. The third-order valence-corrected chi connectivity index (χ3v) is 8.28. The summed E-state index contributed by atoms with van der Waals surface area (Å²) in [5, 5.41) is 5.27. The van der Waals surface area contributed by atoms with Crippen molar-refractivity contribution in [1.82, 2.24) is 20.4 Å². The maximum atomic E-state index is 13.6. The average Bonchev–Trinajstić information content (AvgIpc) is 3.61. The quantitative estimate of drug-likeness (QED) is 0.547. The van der Waals surface area contributed by atoms with Crippen LogP contribution in [-0.2, 0) is 20.9 Å². The molecule has 1 saturated carbocycles. The highest BCUT2D eigenvalue weighted by Crippen LogP contribution is 2.45. The molecule has 9 nitrogen and oxygen atoms in total. The van der Waals surface area contributed by atoms with E-state index in [9.17, 15) is 23.6 Å². The van der Waals surface area contributed by atoms with Crippen molar-refractivity contribution >= 4 is 35.4 Å². The van der Waals surface area contributed by atoms with Crippen LogP contribution >= 0.6 is 11.6 Å². The van der Waals surface area contributed by atoms with Crippen LogP contribution in [0.1, 0.15) is 38.2 Å². The molecule has 1 aliphatic heterocycles. The SMILES string of the molecule is CNC(=O)NC1C=CC2=C(CC[C@]23CN(CC(=O)N(Cc2ccc(F)cc2Cl)[C@@H](C)C2CC2)C(=O)O3)C1=O. The molecule has 3 aliphatic carbocycles. The lowest BCUT2D eigenvalue weighted by Crippen LogP contribution is -2.46. The smallest absolute Gasteiger partial charge is 0.411 e. The molecule has 2 N–H and O–H groups in total. The Hall–Kier alpha value is -3.40. The fraction of sp³-hybridized carbons (Fsp3) is 0.481. The summed E-state index contributed by atoms with van der Waals surface area (Å²) < 4.78 is 19.4. The van der Waals surface area contributed by atoms with Crippen molar-refractivity contribution in [2.45, 2.75) is 56.8 Å². The van der Waals surface area contributed by atoms with E-state index >= 15 is 0 Å². The summed E-state index contributed by atoms with van der Waals surface area (Å²) >= 11 is 6.25. The minimum absolute atomic E-state index is 0.0688. The Morgan fingerprint density at radius 2 is 2.08 bits per heavy atom. The second-order valence-electron chi connectivity index (χ2n) is 10.4. The van der Waals surface area contributed by atoms with Crippen molar-refractivity contribution < 1.29 is 28.3 Å². The van der Waals surface area contributed by atoms with Gasteiger partial charge in [-0.25, -0.2) is 14.0 Å². The van der Waals surface area contributed by atoms with Crippen LogP contribution in [-0.4, -0.2) is 71.4 Å². The van der Waals surface area contributed by atoms with Crippen LogP contribution in [0.3, 0.4) is 0 Å². The number of ether oxygens (including phenoxy) is 1. The van der Waals surface area contributed by atoms with Gasteiger partial charge in [-0.05, 0) is 56.2 Å². The van der Waals surface area contributed by atoms with Gasteiger partial charge >= 0.3 is 12.1 Å². The van der Waals surface area contributed by atoms with E-state index in [1.165, 1.54) is 24.1 Å². The van der Waals surface area contributed by atoms with Gasteiger partial charge < -0.3 is 20.3 Å². The normalized spacial score (nSPS) is 24.9. The Balaban J connectivity index is 1.31. The average molecular weight is 545 g/mol. The number of halogens is 2.